The van der Waals surface area contributed by atoms with Crippen LogP contribution in [0, 0.1) is 12.8 Å². The average Bonchev–Trinajstić information content (AvgIpc) is 3.31. The number of anilines is 1. The molecule has 0 aliphatic heterocycles. The van der Waals surface area contributed by atoms with Crippen LogP contribution in [-0.2, 0) is 4.79 Å². The number of benzene rings is 1. The van der Waals surface area contributed by atoms with Crippen molar-refractivity contribution in [3.63, 3.8) is 0 Å². The van der Waals surface area contributed by atoms with Crippen LogP contribution in [-0.4, -0.2) is 22.8 Å². The lowest BCUT2D eigenvalue weighted by Crippen LogP contribution is -2.46. The van der Waals surface area contributed by atoms with Gasteiger partial charge in [0.15, 0.2) is 5.89 Å². The number of nitrogens with one attached hydrogen (secondary N) is 2. The van der Waals surface area contributed by atoms with Gasteiger partial charge >= 0.3 is 0 Å². The van der Waals surface area contributed by atoms with Gasteiger partial charge in [-0.05, 0) is 29.5 Å². The summed E-state index contributed by atoms with van der Waals surface area (Å²) in [4.78, 5) is 29.8. The predicted molar refractivity (Wildman–Crippen MR) is 106 cm³/mol. The molecule has 0 aliphatic carbocycles. The zero-order chi connectivity index (χ0) is 19.4. The summed E-state index contributed by atoms with van der Waals surface area (Å²) in [6.07, 6.45) is 1.60. The molecule has 0 saturated carbocycles. The van der Waals surface area contributed by atoms with E-state index in [1.165, 1.54) is 11.3 Å². The van der Waals surface area contributed by atoms with E-state index in [0.29, 0.717) is 16.5 Å². The van der Waals surface area contributed by atoms with Gasteiger partial charge in [-0.1, -0.05) is 32.0 Å². The maximum Gasteiger partial charge on any atom is 0.262 e. The van der Waals surface area contributed by atoms with Gasteiger partial charge in [-0.15, -0.1) is 11.3 Å². The second-order valence-electron chi connectivity index (χ2n) is 6.49. The first-order valence-electron chi connectivity index (χ1n) is 8.62. The highest BCUT2D eigenvalue weighted by atomic mass is 32.1. The molecular weight excluding hydrogens is 362 g/mol. The van der Waals surface area contributed by atoms with Crippen molar-refractivity contribution >= 4 is 28.8 Å². The topological polar surface area (TPSA) is 84.2 Å². The Labute approximate surface area is 161 Å². The van der Waals surface area contributed by atoms with Crippen LogP contribution in [0.5, 0.6) is 0 Å². The highest BCUT2D eigenvalue weighted by Gasteiger charge is 2.25. The van der Waals surface area contributed by atoms with Crippen LogP contribution in [0.2, 0.25) is 0 Å². The first kappa shape index (κ1) is 18.8. The lowest BCUT2D eigenvalue weighted by molar-refractivity contribution is -0.118. The minimum Gasteiger partial charge on any atom is -0.449 e. The van der Waals surface area contributed by atoms with E-state index < -0.39 is 6.04 Å². The van der Waals surface area contributed by atoms with Gasteiger partial charge in [0.05, 0.1) is 4.88 Å². The maximum absolute atomic E-state index is 12.7. The number of oxazole rings is 1. The van der Waals surface area contributed by atoms with Crippen LogP contribution in [0.4, 0.5) is 5.69 Å². The number of nitrogens with zero attached hydrogens (tertiary/aromatic N) is 1. The van der Waals surface area contributed by atoms with E-state index in [9.17, 15) is 9.59 Å². The normalized spacial score (nSPS) is 12.0. The van der Waals surface area contributed by atoms with E-state index in [0.717, 1.165) is 11.3 Å². The Morgan fingerprint density at radius 1 is 1.15 bits per heavy atom. The van der Waals surface area contributed by atoms with Gasteiger partial charge in [0.1, 0.15) is 18.0 Å². The molecule has 6 nitrogen and oxygen atoms in total. The van der Waals surface area contributed by atoms with E-state index in [1.54, 1.807) is 31.4 Å². The number of thiophene rings is 1. The smallest absolute Gasteiger partial charge is 0.262 e. The second kappa shape index (κ2) is 8.18. The quantitative estimate of drug-likeness (QED) is 0.671. The van der Waals surface area contributed by atoms with Gasteiger partial charge < -0.3 is 15.1 Å². The summed E-state index contributed by atoms with van der Waals surface area (Å²) < 4.78 is 5.22. The fraction of sp³-hybridized carbons (Fsp3) is 0.250. The van der Waals surface area contributed by atoms with Crippen molar-refractivity contribution in [3.05, 3.63) is 58.8 Å². The van der Waals surface area contributed by atoms with Crippen LogP contribution in [0.3, 0.4) is 0 Å². The van der Waals surface area contributed by atoms with Gasteiger partial charge in [0, 0.05) is 18.2 Å². The molecule has 2 aromatic heterocycles. The number of rotatable bonds is 6. The van der Waals surface area contributed by atoms with Gasteiger partial charge in [-0.3, -0.25) is 9.59 Å². The Hall–Kier alpha value is -2.93. The van der Waals surface area contributed by atoms with Crippen molar-refractivity contribution in [1.82, 2.24) is 10.3 Å². The van der Waals surface area contributed by atoms with E-state index in [4.69, 9.17) is 4.42 Å². The molecule has 1 atom stereocenters. The van der Waals surface area contributed by atoms with Crippen LogP contribution in [0.25, 0.3) is 11.3 Å². The van der Waals surface area contributed by atoms with Gasteiger partial charge in [0.2, 0.25) is 5.91 Å². The van der Waals surface area contributed by atoms with Gasteiger partial charge in [0.25, 0.3) is 5.91 Å². The molecule has 27 heavy (non-hydrogen) atoms. The van der Waals surface area contributed by atoms with Crippen LogP contribution < -0.4 is 10.6 Å². The number of amides is 2. The fourth-order valence-corrected chi connectivity index (χ4v) is 3.22. The summed E-state index contributed by atoms with van der Waals surface area (Å²) in [5, 5.41) is 7.51. The zero-order valence-electron chi connectivity index (χ0n) is 15.4. The van der Waals surface area contributed by atoms with E-state index in [2.05, 4.69) is 15.6 Å². The Bertz CT molecular complexity index is 914. The third-order valence-corrected chi connectivity index (χ3v) is 4.92. The minimum absolute atomic E-state index is 0.0497. The van der Waals surface area contributed by atoms with Crippen LogP contribution in [0.15, 0.2) is 52.5 Å². The first-order chi connectivity index (χ1) is 12.9. The van der Waals surface area contributed by atoms with Gasteiger partial charge in [-0.25, -0.2) is 4.98 Å². The largest absolute Gasteiger partial charge is 0.449 e. The monoisotopic (exact) mass is 383 g/mol. The highest BCUT2D eigenvalue weighted by molar-refractivity contribution is 7.12. The number of aromatic nitrogens is 1. The van der Waals surface area contributed by atoms with Crippen molar-refractivity contribution in [2.24, 2.45) is 5.92 Å². The van der Waals surface area contributed by atoms with Crippen molar-refractivity contribution in [2.75, 3.05) is 5.32 Å². The summed E-state index contributed by atoms with van der Waals surface area (Å²) >= 11 is 1.34. The minimum atomic E-state index is -0.627. The molecule has 0 aliphatic rings. The standard InChI is InChI=1S/C20H21N3O3S/c1-12(2)18(23-19(24)17-5-4-10-27-17)20(25)22-15-8-6-14(7-9-15)16-11-26-13(3)21-16/h4-12,18H,1-3H3,(H,22,25)(H,23,24). The second-order valence-corrected chi connectivity index (χ2v) is 7.44. The fourth-order valence-electron chi connectivity index (χ4n) is 2.60. The molecule has 0 fully saturated rings. The van der Waals surface area contributed by atoms with Crippen LogP contribution in [0.1, 0.15) is 29.4 Å². The Kier molecular flexibility index (Phi) is 5.71. The predicted octanol–water partition coefficient (Wildman–Crippen LogP) is 4.10. The summed E-state index contributed by atoms with van der Waals surface area (Å²) in [7, 11) is 0. The maximum atomic E-state index is 12.7. The number of carbonyl (C=O) groups excluding carboxylic acids is 2. The molecule has 140 valence electrons. The molecule has 0 bridgehead atoms. The molecule has 2 N–H and O–H groups in total. The Morgan fingerprint density at radius 3 is 2.44 bits per heavy atom. The van der Waals surface area contributed by atoms with E-state index in [-0.39, 0.29) is 17.7 Å². The van der Waals surface area contributed by atoms with Crippen molar-refractivity contribution in [2.45, 2.75) is 26.8 Å². The third-order valence-electron chi connectivity index (χ3n) is 4.05. The SMILES string of the molecule is Cc1nc(-c2ccc(NC(=O)C(NC(=O)c3cccs3)C(C)C)cc2)co1. The lowest BCUT2D eigenvalue weighted by atomic mass is 10.0. The zero-order valence-corrected chi connectivity index (χ0v) is 16.2. The average molecular weight is 383 g/mol. The number of carbonyl (C=O) groups is 2. The Balaban J connectivity index is 1.67. The van der Waals surface area contributed by atoms with E-state index in [1.807, 2.05) is 37.4 Å². The molecule has 2 amide bonds. The number of hydrogen-bond acceptors (Lipinski definition) is 5. The first-order valence-corrected chi connectivity index (χ1v) is 9.50. The molecule has 0 saturated heterocycles. The molecule has 2 heterocycles. The van der Waals surface area contributed by atoms with Crippen LogP contribution >= 0.6 is 11.3 Å². The molecule has 7 heteroatoms. The lowest BCUT2D eigenvalue weighted by Gasteiger charge is -2.21. The number of hydrogen-bond donors (Lipinski definition) is 2. The van der Waals surface area contributed by atoms with Crippen molar-refractivity contribution in [3.8, 4) is 11.3 Å². The third kappa shape index (κ3) is 4.62. The summed E-state index contributed by atoms with van der Waals surface area (Å²) in [5.41, 5.74) is 2.30. The molecule has 3 rings (SSSR count). The van der Waals surface area contributed by atoms with Gasteiger partial charge in [-0.2, -0.15) is 0 Å². The highest BCUT2D eigenvalue weighted by Crippen LogP contribution is 2.21. The molecule has 1 unspecified atom stereocenters. The summed E-state index contributed by atoms with van der Waals surface area (Å²) in [6, 6.07) is 10.2. The van der Waals surface area contributed by atoms with Crippen molar-refractivity contribution in [1.29, 1.82) is 0 Å². The van der Waals surface area contributed by atoms with Crippen molar-refractivity contribution < 1.29 is 14.0 Å². The summed E-state index contributed by atoms with van der Waals surface area (Å²) in [6.45, 7) is 5.58. The summed E-state index contributed by atoms with van der Waals surface area (Å²) in [5.74, 6) is 0.0606. The molecule has 0 spiro atoms. The Morgan fingerprint density at radius 2 is 1.89 bits per heavy atom. The molecule has 3 aromatic rings. The van der Waals surface area contributed by atoms with E-state index >= 15 is 0 Å². The molecule has 0 radical (unpaired) electrons. The molecule has 1 aromatic carbocycles. The molecular formula is C20H21N3O3S. The number of aryl methyl sites for hydroxylation is 1.